The van der Waals surface area contributed by atoms with E-state index in [0.717, 1.165) is 14.7 Å². The first-order chi connectivity index (χ1) is 14.3. The van der Waals surface area contributed by atoms with Crippen molar-refractivity contribution in [3.8, 4) is 0 Å². The average molecular weight is 444 g/mol. The molecular weight excluding hydrogens is 410 g/mol. The van der Waals surface area contributed by atoms with Crippen LogP contribution in [-0.2, 0) is 28.8 Å². The SMILES string of the molecule is CNCC(=O)N(C)CC(=O)N(C)CC(=O)N(C)CC(=O)N(C)CC(=O)N(C)CC(N)=O. The monoisotopic (exact) mass is 443 g/mol. The van der Waals surface area contributed by atoms with Gasteiger partial charge in [-0.05, 0) is 7.05 Å². The molecule has 0 aliphatic heterocycles. The van der Waals surface area contributed by atoms with E-state index in [0.29, 0.717) is 0 Å². The average Bonchev–Trinajstić information content (AvgIpc) is 2.66. The number of rotatable bonds is 12. The van der Waals surface area contributed by atoms with Crippen molar-refractivity contribution in [1.29, 1.82) is 0 Å². The molecule has 0 aliphatic carbocycles. The summed E-state index contributed by atoms with van der Waals surface area (Å²) in [5.41, 5.74) is 5.03. The van der Waals surface area contributed by atoms with Crippen LogP contribution in [0.25, 0.3) is 0 Å². The molecule has 0 aromatic carbocycles. The number of nitrogens with two attached hydrogens (primary N) is 1. The van der Waals surface area contributed by atoms with Crippen LogP contribution in [-0.4, -0.2) is 141 Å². The molecule has 0 aromatic heterocycles. The first kappa shape index (κ1) is 27.8. The van der Waals surface area contributed by atoms with Gasteiger partial charge in [0.1, 0.15) is 0 Å². The van der Waals surface area contributed by atoms with Crippen LogP contribution in [0.15, 0.2) is 0 Å². The smallest absolute Gasteiger partial charge is 0.242 e. The zero-order chi connectivity index (χ0) is 24.3. The Morgan fingerprint density at radius 1 is 0.548 bits per heavy atom. The lowest BCUT2D eigenvalue weighted by Crippen LogP contribution is -2.48. The van der Waals surface area contributed by atoms with Gasteiger partial charge >= 0.3 is 0 Å². The molecule has 3 N–H and O–H groups in total. The van der Waals surface area contributed by atoms with Gasteiger partial charge in [-0.1, -0.05) is 0 Å². The Labute approximate surface area is 182 Å². The normalized spacial score (nSPS) is 10.1. The summed E-state index contributed by atoms with van der Waals surface area (Å²) in [5, 5.41) is 2.69. The van der Waals surface area contributed by atoms with Crippen LogP contribution in [0.2, 0.25) is 0 Å². The Bertz CT molecular complexity index is 699. The molecule has 0 bridgehead atoms. The molecule has 13 heteroatoms. The van der Waals surface area contributed by atoms with Gasteiger partial charge in [0.15, 0.2) is 0 Å². The number of primary amides is 1. The third-order valence-electron chi connectivity index (χ3n) is 4.34. The Hall–Kier alpha value is -3.22. The van der Waals surface area contributed by atoms with E-state index in [4.69, 9.17) is 5.73 Å². The van der Waals surface area contributed by atoms with E-state index in [1.165, 1.54) is 45.0 Å². The molecule has 0 heterocycles. The quantitative estimate of drug-likeness (QED) is 0.311. The maximum absolute atomic E-state index is 12.3. The molecule has 0 saturated heterocycles. The van der Waals surface area contributed by atoms with Crippen molar-refractivity contribution in [3.63, 3.8) is 0 Å². The second-order valence-electron chi connectivity index (χ2n) is 7.25. The topological polar surface area (TPSA) is 157 Å². The fourth-order valence-corrected chi connectivity index (χ4v) is 2.26. The second kappa shape index (κ2) is 13.2. The van der Waals surface area contributed by atoms with Crippen molar-refractivity contribution in [2.24, 2.45) is 5.73 Å². The van der Waals surface area contributed by atoms with Crippen LogP contribution in [0.4, 0.5) is 0 Å². The Kier molecular flexibility index (Phi) is 11.8. The fourth-order valence-electron chi connectivity index (χ4n) is 2.26. The van der Waals surface area contributed by atoms with Crippen LogP contribution in [0.3, 0.4) is 0 Å². The Morgan fingerprint density at radius 3 is 1.06 bits per heavy atom. The molecule has 6 amide bonds. The summed E-state index contributed by atoms with van der Waals surface area (Å²) in [4.78, 5) is 77.1. The molecule has 31 heavy (non-hydrogen) atoms. The lowest BCUT2D eigenvalue weighted by atomic mass is 10.3. The van der Waals surface area contributed by atoms with E-state index in [9.17, 15) is 28.8 Å². The van der Waals surface area contributed by atoms with E-state index in [1.54, 1.807) is 7.05 Å². The highest BCUT2D eigenvalue weighted by Crippen LogP contribution is 1.97. The molecule has 0 aliphatic rings. The van der Waals surface area contributed by atoms with Crippen LogP contribution in [0, 0.1) is 0 Å². The lowest BCUT2D eigenvalue weighted by molar-refractivity contribution is -0.145. The Balaban J connectivity index is 4.61. The highest BCUT2D eigenvalue weighted by molar-refractivity contribution is 5.91. The van der Waals surface area contributed by atoms with Crippen LogP contribution >= 0.6 is 0 Å². The van der Waals surface area contributed by atoms with Crippen LogP contribution < -0.4 is 11.1 Å². The predicted octanol–water partition coefficient (Wildman–Crippen LogP) is -4.02. The third-order valence-corrected chi connectivity index (χ3v) is 4.34. The lowest BCUT2D eigenvalue weighted by Gasteiger charge is -2.26. The number of carbonyl (C=O) groups excluding carboxylic acids is 6. The largest absolute Gasteiger partial charge is 0.368 e. The van der Waals surface area contributed by atoms with Crippen LogP contribution in [0.5, 0.6) is 0 Å². The van der Waals surface area contributed by atoms with Crippen molar-refractivity contribution in [1.82, 2.24) is 29.8 Å². The summed E-state index contributed by atoms with van der Waals surface area (Å²) < 4.78 is 0. The van der Waals surface area contributed by atoms with Crippen molar-refractivity contribution in [3.05, 3.63) is 0 Å². The molecule has 0 radical (unpaired) electrons. The molecule has 13 nitrogen and oxygen atoms in total. The maximum Gasteiger partial charge on any atom is 0.242 e. The summed E-state index contributed by atoms with van der Waals surface area (Å²) in [6, 6.07) is 0. The fraction of sp³-hybridized carbons (Fsp3) is 0.667. The number of hydrogen-bond donors (Lipinski definition) is 2. The molecule has 176 valence electrons. The highest BCUT2D eigenvalue weighted by Gasteiger charge is 2.22. The minimum Gasteiger partial charge on any atom is -0.368 e. The molecule has 0 atom stereocenters. The highest BCUT2D eigenvalue weighted by atomic mass is 16.2. The van der Waals surface area contributed by atoms with Gasteiger partial charge in [-0.2, -0.15) is 0 Å². The van der Waals surface area contributed by atoms with Gasteiger partial charge in [-0.25, -0.2) is 0 Å². The molecule has 0 aromatic rings. The standard InChI is InChI=1S/C18H33N7O6/c1-20-7-14(27)22(3)9-16(29)24(5)11-18(31)25(6)12-17(30)23(4)10-15(28)21(2)8-13(19)26/h20H,7-12H2,1-6H3,(H2,19,26). The minimum atomic E-state index is -0.675. The van der Waals surface area contributed by atoms with Gasteiger partial charge < -0.3 is 35.6 Å². The number of nitrogens with one attached hydrogen (secondary N) is 1. The molecule has 0 unspecified atom stereocenters. The van der Waals surface area contributed by atoms with Crippen molar-refractivity contribution in [2.45, 2.75) is 0 Å². The third kappa shape index (κ3) is 10.4. The summed E-state index contributed by atoms with van der Waals surface area (Å²) in [6.45, 7) is -1.22. The zero-order valence-corrected chi connectivity index (χ0v) is 19.0. The minimum absolute atomic E-state index is 0.0889. The molecule has 0 spiro atoms. The first-order valence-electron chi connectivity index (χ1n) is 9.42. The number of amides is 6. The Morgan fingerprint density at radius 2 is 0.806 bits per heavy atom. The molecule has 0 rings (SSSR count). The second-order valence-corrected chi connectivity index (χ2v) is 7.25. The van der Waals surface area contributed by atoms with E-state index in [2.05, 4.69) is 5.32 Å². The molecule has 0 saturated carbocycles. The van der Waals surface area contributed by atoms with Gasteiger partial charge in [0.25, 0.3) is 0 Å². The van der Waals surface area contributed by atoms with Gasteiger partial charge in [0.05, 0.1) is 39.3 Å². The van der Waals surface area contributed by atoms with Gasteiger partial charge in [-0.15, -0.1) is 0 Å². The van der Waals surface area contributed by atoms with E-state index < -0.39 is 29.5 Å². The number of likely N-dealkylation sites (N-methyl/N-ethyl adjacent to an activating group) is 6. The first-order valence-corrected chi connectivity index (χ1v) is 9.42. The maximum atomic E-state index is 12.3. The van der Waals surface area contributed by atoms with Crippen LogP contribution in [0.1, 0.15) is 0 Å². The van der Waals surface area contributed by atoms with Gasteiger partial charge in [-0.3, -0.25) is 28.8 Å². The summed E-state index contributed by atoms with van der Waals surface area (Å²) in [5.74, 6) is -2.84. The van der Waals surface area contributed by atoms with Crippen molar-refractivity contribution >= 4 is 35.4 Å². The summed E-state index contributed by atoms with van der Waals surface area (Å²) in [7, 11) is 8.70. The van der Waals surface area contributed by atoms with Crippen molar-refractivity contribution < 1.29 is 28.8 Å². The number of hydrogen-bond acceptors (Lipinski definition) is 7. The zero-order valence-electron chi connectivity index (χ0n) is 19.0. The molecule has 0 fully saturated rings. The van der Waals surface area contributed by atoms with E-state index in [-0.39, 0.29) is 45.2 Å². The number of carbonyl (C=O) groups is 6. The van der Waals surface area contributed by atoms with E-state index in [1.807, 2.05) is 0 Å². The van der Waals surface area contributed by atoms with E-state index >= 15 is 0 Å². The van der Waals surface area contributed by atoms with Gasteiger partial charge in [0, 0.05) is 35.2 Å². The molecular formula is C18H33N7O6. The van der Waals surface area contributed by atoms with Gasteiger partial charge in [0.2, 0.25) is 35.4 Å². The van der Waals surface area contributed by atoms with Crippen molar-refractivity contribution in [2.75, 3.05) is 81.6 Å². The predicted molar refractivity (Wildman–Crippen MR) is 111 cm³/mol. The summed E-state index contributed by atoms with van der Waals surface area (Å²) >= 11 is 0. The number of nitrogens with zero attached hydrogens (tertiary/aromatic N) is 5. The summed E-state index contributed by atoms with van der Waals surface area (Å²) in [6.07, 6.45) is 0.